The summed E-state index contributed by atoms with van der Waals surface area (Å²) in [6.07, 6.45) is 1.14. The molecule has 0 fully saturated rings. The standard InChI is InChI=1S/C17H23N3O/c1-18-10-14-16(20(3)12-18)19(2)9-8-17(14)11-21-15-7-5-4-6-13(15)17/h4-7H,8-12H2,1-3H3. The van der Waals surface area contributed by atoms with E-state index in [0.29, 0.717) is 0 Å². The number of benzene rings is 1. The molecule has 3 aliphatic rings. The molecule has 1 unspecified atom stereocenters. The lowest BCUT2D eigenvalue weighted by Crippen LogP contribution is -2.53. The Morgan fingerprint density at radius 1 is 1.10 bits per heavy atom. The normalized spacial score (nSPS) is 28.7. The van der Waals surface area contributed by atoms with Gasteiger partial charge in [-0.2, -0.15) is 0 Å². The van der Waals surface area contributed by atoms with E-state index in [1.54, 1.807) is 0 Å². The Labute approximate surface area is 126 Å². The molecule has 4 nitrogen and oxygen atoms in total. The van der Waals surface area contributed by atoms with E-state index in [1.165, 1.54) is 17.0 Å². The molecule has 0 aromatic heterocycles. The van der Waals surface area contributed by atoms with Crippen LogP contribution in [0.2, 0.25) is 0 Å². The Bertz CT molecular complexity index is 612. The molecular weight excluding hydrogens is 262 g/mol. The van der Waals surface area contributed by atoms with Gasteiger partial charge in [0.1, 0.15) is 18.2 Å². The average molecular weight is 285 g/mol. The molecule has 1 aromatic rings. The number of likely N-dealkylation sites (N-methyl/N-ethyl adjacent to an activating group) is 1. The van der Waals surface area contributed by atoms with E-state index < -0.39 is 0 Å². The van der Waals surface area contributed by atoms with Crippen molar-refractivity contribution in [3.8, 4) is 5.75 Å². The number of hydrogen-bond acceptors (Lipinski definition) is 4. The fourth-order valence-electron chi connectivity index (χ4n) is 4.28. The van der Waals surface area contributed by atoms with E-state index in [4.69, 9.17) is 4.74 Å². The number of para-hydroxylation sites is 1. The van der Waals surface area contributed by atoms with Crippen LogP contribution in [0.15, 0.2) is 35.7 Å². The van der Waals surface area contributed by atoms with Crippen LogP contribution in [0.25, 0.3) is 0 Å². The zero-order valence-corrected chi connectivity index (χ0v) is 13.1. The summed E-state index contributed by atoms with van der Waals surface area (Å²) < 4.78 is 6.06. The van der Waals surface area contributed by atoms with Crippen LogP contribution in [0.1, 0.15) is 12.0 Å². The summed E-state index contributed by atoms with van der Waals surface area (Å²) in [6, 6.07) is 8.58. The number of fused-ring (bicyclic) bond motifs is 3. The summed E-state index contributed by atoms with van der Waals surface area (Å²) in [5, 5.41) is 0. The summed E-state index contributed by atoms with van der Waals surface area (Å²) in [4.78, 5) is 7.18. The molecule has 0 aliphatic carbocycles. The predicted octanol–water partition coefficient (Wildman–Crippen LogP) is 1.70. The predicted molar refractivity (Wildman–Crippen MR) is 83.1 cm³/mol. The zero-order valence-electron chi connectivity index (χ0n) is 13.1. The SMILES string of the molecule is CN1CC2=C(N(C)CCC23COc2ccccc23)N(C)C1. The number of nitrogens with zero attached hydrogens (tertiary/aromatic N) is 3. The molecule has 1 spiro atoms. The molecule has 0 saturated heterocycles. The first-order chi connectivity index (χ1) is 10.1. The Morgan fingerprint density at radius 2 is 1.90 bits per heavy atom. The van der Waals surface area contributed by atoms with E-state index >= 15 is 0 Å². The number of ether oxygens (including phenoxy) is 1. The van der Waals surface area contributed by atoms with Gasteiger partial charge in [-0.05, 0) is 25.1 Å². The molecule has 0 saturated carbocycles. The second kappa shape index (κ2) is 4.41. The first kappa shape index (κ1) is 13.0. The van der Waals surface area contributed by atoms with Crippen LogP contribution in [0.3, 0.4) is 0 Å². The lowest BCUT2D eigenvalue weighted by Gasteiger charge is -2.49. The topological polar surface area (TPSA) is 19.0 Å². The molecule has 4 rings (SSSR count). The Hall–Kier alpha value is -1.68. The average Bonchev–Trinajstić information content (AvgIpc) is 2.83. The van der Waals surface area contributed by atoms with Crippen LogP contribution in [0.4, 0.5) is 0 Å². The maximum Gasteiger partial charge on any atom is 0.123 e. The second-order valence-corrected chi connectivity index (χ2v) is 6.69. The van der Waals surface area contributed by atoms with E-state index in [-0.39, 0.29) is 5.41 Å². The van der Waals surface area contributed by atoms with Crippen molar-refractivity contribution >= 4 is 0 Å². The van der Waals surface area contributed by atoms with Crippen LogP contribution in [-0.2, 0) is 5.41 Å². The van der Waals surface area contributed by atoms with E-state index in [2.05, 4.69) is 60.1 Å². The summed E-state index contributed by atoms with van der Waals surface area (Å²) in [7, 11) is 6.61. The van der Waals surface area contributed by atoms with Crippen LogP contribution >= 0.6 is 0 Å². The van der Waals surface area contributed by atoms with Crippen molar-refractivity contribution in [3.63, 3.8) is 0 Å². The monoisotopic (exact) mass is 285 g/mol. The summed E-state index contributed by atoms with van der Waals surface area (Å²) in [5.74, 6) is 2.48. The number of rotatable bonds is 0. The molecule has 3 aliphatic heterocycles. The van der Waals surface area contributed by atoms with Gasteiger partial charge in [-0.25, -0.2) is 0 Å². The molecule has 112 valence electrons. The van der Waals surface area contributed by atoms with Crippen LogP contribution in [0.5, 0.6) is 5.75 Å². The highest BCUT2D eigenvalue weighted by Crippen LogP contribution is 2.50. The molecule has 1 atom stereocenters. The van der Waals surface area contributed by atoms with Gasteiger partial charge in [0.2, 0.25) is 0 Å². The zero-order chi connectivity index (χ0) is 14.6. The van der Waals surface area contributed by atoms with Crippen LogP contribution in [0, 0.1) is 0 Å². The minimum absolute atomic E-state index is 0.0708. The molecule has 0 bridgehead atoms. The second-order valence-electron chi connectivity index (χ2n) is 6.69. The van der Waals surface area contributed by atoms with Crippen molar-refractivity contribution in [1.29, 1.82) is 0 Å². The lowest BCUT2D eigenvalue weighted by atomic mass is 9.70. The van der Waals surface area contributed by atoms with Crippen LogP contribution < -0.4 is 4.74 Å². The number of hydrogen-bond donors (Lipinski definition) is 0. The Kier molecular flexibility index (Phi) is 2.73. The highest BCUT2D eigenvalue weighted by atomic mass is 16.5. The third-order valence-electron chi connectivity index (χ3n) is 5.20. The molecule has 0 amide bonds. The van der Waals surface area contributed by atoms with Gasteiger partial charge in [0, 0.05) is 32.7 Å². The molecule has 1 aromatic carbocycles. The van der Waals surface area contributed by atoms with Gasteiger partial charge in [-0.15, -0.1) is 0 Å². The summed E-state index contributed by atoms with van der Waals surface area (Å²) in [6.45, 7) is 3.90. The van der Waals surface area contributed by atoms with Crippen molar-refractivity contribution in [1.82, 2.24) is 14.7 Å². The minimum Gasteiger partial charge on any atom is -0.492 e. The van der Waals surface area contributed by atoms with Gasteiger partial charge >= 0.3 is 0 Å². The van der Waals surface area contributed by atoms with Crippen molar-refractivity contribution in [2.75, 3.05) is 47.5 Å². The lowest BCUT2D eigenvalue weighted by molar-refractivity contribution is 0.108. The highest BCUT2D eigenvalue weighted by molar-refractivity contribution is 5.52. The maximum atomic E-state index is 6.06. The maximum absolute atomic E-state index is 6.06. The summed E-state index contributed by atoms with van der Waals surface area (Å²) in [5.41, 5.74) is 2.98. The Morgan fingerprint density at radius 3 is 2.76 bits per heavy atom. The minimum atomic E-state index is 0.0708. The van der Waals surface area contributed by atoms with Gasteiger partial charge < -0.3 is 14.5 Å². The van der Waals surface area contributed by atoms with Gasteiger partial charge in [0.15, 0.2) is 0 Å². The third-order valence-corrected chi connectivity index (χ3v) is 5.20. The van der Waals surface area contributed by atoms with E-state index in [0.717, 1.165) is 38.5 Å². The van der Waals surface area contributed by atoms with Crippen LogP contribution in [-0.4, -0.2) is 62.2 Å². The quantitative estimate of drug-likeness (QED) is 0.722. The first-order valence-corrected chi connectivity index (χ1v) is 7.68. The van der Waals surface area contributed by atoms with Crippen molar-refractivity contribution in [2.45, 2.75) is 11.8 Å². The third kappa shape index (κ3) is 1.72. The largest absolute Gasteiger partial charge is 0.492 e. The van der Waals surface area contributed by atoms with Crippen molar-refractivity contribution in [3.05, 3.63) is 41.2 Å². The first-order valence-electron chi connectivity index (χ1n) is 7.68. The molecule has 0 N–H and O–H groups in total. The van der Waals surface area contributed by atoms with Gasteiger partial charge in [0.25, 0.3) is 0 Å². The van der Waals surface area contributed by atoms with Gasteiger partial charge in [0.05, 0.1) is 12.1 Å². The van der Waals surface area contributed by atoms with Crippen molar-refractivity contribution in [2.24, 2.45) is 0 Å². The molecule has 0 radical (unpaired) electrons. The molecule has 3 heterocycles. The fourth-order valence-corrected chi connectivity index (χ4v) is 4.28. The van der Waals surface area contributed by atoms with E-state index in [1.807, 2.05) is 0 Å². The molecular formula is C17H23N3O. The highest BCUT2D eigenvalue weighted by Gasteiger charge is 2.49. The Balaban J connectivity index is 1.91. The van der Waals surface area contributed by atoms with E-state index in [9.17, 15) is 0 Å². The summed E-state index contributed by atoms with van der Waals surface area (Å²) >= 11 is 0. The van der Waals surface area contributed by atoms with Gasteiger partial charge in [-0.1, -0.05) is 18.2 Å². The molecule has 4 heteroatoms. The van der Waals surface area contributed by atoms with Crippen molar-refractivity contribution < 1.29 is 4.74 Å². The van der Waals surface area contributed by atoms with Gasteiger partial charge in [-0.3, -0.25) is 4.90 Å². The molecule has 21 heavy (non-hydrogen) atoms. The smallest absolute Gasteiger partial charge is 0.123 e. The fraction of sp³-hybridized carbons (Fsp3) is 0.529.